The Morgan fingerprint density at radius 1 is 1.00 bits per heavy atom. The summed E-state index contributed by atoms with van der Waals surface area (Å²) < 4.78 is 0. The highest BCUT2D eigenvalue weighted by Crippen LogP contribution is 2.40. The molecular formula is C11H20N. The lowest BCUT2D eigenvalue weighted by Crippen LogP contribution is -2.18. The number of hydrogen-bond acceptors (Lipinski definition) is 1. The van der Waals surface area contributed by atoms with Gasteiger partial charge in [0.1, 0.15) is 0 Å². The minimum Gasteiger partial charge on any atom is -0.323 e. The summed E-state index contributed by atoms with van der Waals surface area (Å²) in [5, 5.41) is 0. The van der Waals surface area contributed by atoms with Gasteiger partial charge in [-0.2, -0.15) is 0 Å². The number of rotatable bonds is 3. The molecule has 69 valence electrons. The van der Waals surface area contributed by atoms with Gasteiger partial charge in [0.25, 0.3) is 0 Å². The summed E-state index contributed by atoms with van der Waals surface area (Å²) in [4.78, 5) is 0. The van der Waals surface area contributed by atoms with E-state index in [-0.39, 0.29) is 0 Å². The van der Waals surface area contributed by atoms with E-state index in [1.54, 1.807) is 0 Å². The van der Waals surface area contributed by atoms with Gasteiger partial charge >= 0.3 is 0 Å². The standard InChI is InChI=1S/C11H20N/c12-11(10-6-7-10)8-9-4-2-1-3-5-9/h9-10H,1-8,12H2. The molecule has 0 spiro atoms. The Morgan fingerprint density at radius 2 is 1.67 bits per heavy atom. The molecule has 0 aliphatic heterocycles. The topological polar surface area (TPSA) is 26.0 Å². The van der Waals surface area contributed by atoms with E-state index < -0.39 is 0 Å². The van der Waals surface area contributed by atoms with E-state index in [1.165, 1.54) is 57.4 Å². The number of hydrogen-bond donors (Lipinski definition) is 1. The molecule has 0 saturated heterocycles. The third kappa shape index (κ3) is 2.22. The molecule has 0 amide bonds. The Bertz CT molecular complexity index is 134. The van der Waals surface area contributed by atoms with E-state index in [2.05, 4.69) is 0 Å². The third-order valence-corrected chi connectivity index (χ3v) is 3.35. The molecule has 0 atom stereocenters. The zero-order valence-electron chi connectivity index (χ0n) is 7.89. The van der Waals surface area contributed by atoms with Gasteiger partial charge in [-0.25, -0.2) is 0 Å². The first-order chi connectivity index (χ1) is 5.86. The quantitative estimate of drug-likeness (QED) is 0.685. The lowest BCUT2D eigenvalue weighted by atomic mass is 9.84. The summed E-state index contributed by atoms with van der Waals surface area (Å²) in [6, 6.07) is 1.32. The van der Waals surface area contributed by atoms with Crippen LogP contribution in [0.4, 0.5) is 0 Å². The molecule has 0 aromatic heterocycles. The second kappa shape index (κ2) is 3.78. The molecule has 1 radical (unpaired) electrons. The van der Waals surface area contributed by atoms with Crippen LogP contribution in [0.2, 0.25) is 0 Å². The maximum Gasteiger partial charge on any atom is 0.0370 e. The minimum atomic E-state index is 0.826. The predicted molar refractivity (Wildman–Crippen MR) is 51.3 cm³/mol. The molecule has 0 heterocycles. The smallest absolute Gasteiger partial charge is 0.0370 e. The second-order valence-electron chi connectivity index (χ2n) is 4.56. The Balaban J connectivity index is 1.69. The maximum atomic E-state index is 6.03. The minimum absolute atomic E-state index is 0.826. The van der Waals surface area contributed by atoms with Gasteiger partial charge in [0.15, 0.2) is 0 Å². The van der Waals surface area contributed by atoms with Crippen molar-refractivity contribution in [2.75, 3.05) is 0 Å². The summed E-state index contributed by atoms with van der Waals surface area (Å²) >= 11 is 0. The third-order valence-electron chi connectivity index (χ3n) is 3.35. The molecule has 2 aliphatic carbocycles. The fraction of sp³-hybridized carbons (Fsp3) is 0.909. The van der Waals surface area contributed by atoms with Crippen molar-refractivity contribution in [3.05, 3.63) is 6.04 Å². The molecule has 2 fully saturated rings. The van der Waals surface area contributed by atoms with Crippen LogP contribution in [-0.2, 0) is 0 Å². The van der Waals surface area contributed by atoms with E-state index >= 15 is 0 Å². The molecule has 0 unspecified atom stereocenters. The largest absolute Gasteiger partial charge is 0.323 e. The van der Waals surface area contributed by atoms with Gasteiger partial charge in [0, 0.05) is 6.04 Å². The van der Waals surface area contributed by atoms with E-state index in [4.69, 9.17) is 5.73 Å². The van der Waals surface area contributed by atoms with Gasteiger partial charge in [-0.1, -0.05) is 32.1 Å². The fourth-order valence-electron chi connectivity index (χ4n) is 2.35. The molecule has 0 bridgehead atoms. The van der Waals surface area contributed by atoms with Crippen LogP contribution in [0.3, 0.4) is 0 Å². The van der Waals surface area contributed by atoms with Crippen LogP contribution in [0, 0.1) is 17.9 Å². The van der Waals surface area contributed by atoms with Crippen molar-refractivity contribution in [1.29, 1.82) is 0 Å². The first kappa shape index (κ1) is 8.55. The first-order valence-corrected chi connectivity index (χ1v) is 5.47. The van der Waals surface area contributed by atoms with Crippen LogP contribution >= 0.6 is 0 Å². The van der Waals surface area contributed by atoms with Crippen LogP contribution in [0.5, 0.6) is 0 Å². The molecule has 0 aromatic rings. The van der Waals surface area contributed by atoms with Crippen molar-refractivity contribution in [3.63, 3.8) is 0 Å². The molecule has 12 heavy (non-hydrogen) atoms. The van der Waals surface area contributed by atoms with Crippen molar-refractivity contribution in [1.82, 2.24) is 0 Å². The Hall–Kier alpha value is -0.0400. The van der Waals surface area contributed by atoms with E-state index in [9.17, 15) is 0 Å². The summed E-state index contributed by atoms with van der Waals surface area (Å²) in [6.45, 7) is 0. The van der Waals surface area contributed by atoms with Crippen molar-refractivity contribution < 1.29 is 0 Å². The highest BCUT2D eigenvalue weighted by molar-refractivity contribution is 4.99. The zero-order chi connectivity index (χ0) is 8.39. The summed E-state index contributed by atoms with van der Waals surface area (Å²) in [7, 11) is 0. The van der Waals surface area contributed by atoms with Crippen molar-refractivity contribution in [2.24, 2.45) is 17.6 Å². The maximum absolute atomic E-state index is 6.03. The average Bonchev–Trinajstić information content (AvgIpc) is 2.88. The predicted octanol–water partition coefficient (Wildman–Crippen LogP) is 2.86. The van der Waals surface area contributed by atoms with Gasteiger partial charge in [-0.3, -0.25) is 0 Å². The number of nitrogens with two attached hydrogens (primary N) is 1. The van der Waals surface area contributed by atoms with E-state index in [1.807, 2.05) is 0 Å². The molecule has 0 aromatic carbocycles. The van der Waals surface area contributed by atoms with Crippen LogP contribution < -0.4 is 5.73 Å². The lowest BCUT2D eigenvalue weighted by molar-refractivity contribution is 0.336. The molecule has 1 nitrogen and oxygen atoms in total. The molecule has 2 rings (SSSR count). The second-order valence-corrected chi connectivity index (χ2v) is 4.56. The van der Waals surface area contributed by atoms with E-state index in [0.29, 0.717) is 0 Å². The highest BCUT2D eigenvalue weighted by atomic mass is 14.7. The Kier molecular flexibility index (Phi) is 2.69. The molecule has 2 N–H and O–H groups in total. The van der Waals surface area contributed by atoms with Crippen molar-refractivity contribution in [3.8, 4) is 0 Å². The fourth-order valence-corrected chi connectivity index (χ4v) is 2.35. The summed E-state index contributed by atoms with van der Waals surface area (Å²) in [5.74, 6) is 1.77. The summed E-state index contributed by atoms with van der Waals surface area (Å²) in [6.07, 6.45) is 11.2. The average molecular weight is 166 g/mol. The molecule has 1 heteroatoms. The monoisotopic (exact) mass is 166 g/mol. The zero-order valence-corrected chi connectivity index (χ0v) is 7.89. The molecule has 2 aliphatic rings. The van der Waals surface area contributed by atoms with Gasteiger partial charge in [0.2, 0.25) is 0 Å². The SMILES string of the molecule is N[C](CC1CCCCC1)C1CC1. The normalized spacial score (nSPS) is 26.5. The van der Waals surface area contributed by atoms with Crippen LogP contribution in [0.15, 0.2) is 0 Å². The molecule has 2 saturated carbocycles. The Morgan fingerprint density at radius 3 is 2.25 bits per heavy atom. The lowest BCUT2D eigenvalue weighted by Gasteiger charge is -2.23. The molecular weight excluding hydrogens is 146 g/mol. The first-order valence-electron chi connectivity index (χ1n) is 5.47. The Labute approximate surface area is 75.7 Å². The van der Waals surface area contributed by atoms with Gasteiger partial charge in [-0.05, 0) is 31.1 Å². The van der Waals surface area contributed by atoms with Crippen molar-refractivity contribution in [2.45, 2.75) is 51.4 Å². The summed E-state index contributed by atoms with van der Waals surface area (Å²) in [5.41, 5.74) is 6.03. The van der Waals surface area contributed by atoms with Crippen molar-refractivity contribution >= 4 is 0 Å². The highest BCUT2D eigenvalue weighted by Gasteiger charge is 2.30. The van der Waals surface area contributed by atoms with E-state index in [0.717, 1.165) is 11.8 Å². The van der Waals surface area contributed by atoms with Gasteiger partial charge in [-0.15, -0.1) is 0 Å². The van der Waals surface area contributed by atoms with Crippen LogP contribution in [0.25, 0.3) is 0 Å². The van der Waals surface area contributed by atoms with Gasteiger partial charge in [0.05, 0.1) is 0 Å². The van der Waals surface area contributed by atoms with Crippen LogP contribution in [0.1, 0.15) is 51.4 Å². The van der Waals surface area contributed by atoms with Crippen LogP contribution in [-0.4, -0.2) is 0 Å². The van der Waals surface area contributed by atoms with Gasteiger partial charge < -0.3 is 5.73 Å².